The summed E-state index contributed by atoms with van der Waals surface area (Å²) in [5, 5.41) is 0. The Labute approximate surface area is 90.5 Å². The Kier molecular flexibility index (Phi) is 10.4. The molecule has 0 fully saturated rings. The summed E-state index contributed by atoms with van der Waals surface area (Å²) in [5.41, 5.74) is 0. The second kappa shape index (κ2) is 10.7. The molecule has 0 saturated carbocycles. The van der Waals surface area contributed by atoms with Crippen molar-refractivity contribution in [3.8, 4) is 0 Å². The molecule has 3 heteroatoms. The first-order chi connectivity index (χ1) is 6.85. The largest absolute Gasteiger partial charge is 0.419 e. The first kappa shape index (κ1) is 13.6. The molecule has 79 valence electrons. The van der Waals surface area contributed by atoms with Crippen LogP contribution in [-0.4, -0.2) is 30.3 Å². The van der Waals surface area contributed by atoms with Gasteiger partial charge in [-0.25, -0.2) is 0 Å². The molecule has 14 heavy (non-hydrogen) atoms. The molecule has 0 N–H and O–H groups in total. The fourth-order valence-corrected chi connectivity index (χ4v) is 1.33. The van der Waals surface area contributed by atoms with E-state index in [9.17, 15) is 0 Å². The smallest absolute Gasteiger partial charge is 0.246 e. The van der Waals surface area contributed by atoms with Crippen molar-refractivity contribution in [2.75, 3.05) is 19.8 Å². The van der Waals surface area contributed by atoms with Gasteiger partial charge in [-0.15, -0.1) is 13.2 Å². The molecule has 0 atom stereocenters. The van der Waals surface area contributed by atoms with Crippen LogP contribution in [0.3, 0.4) is 0 Å². The van der Waals surface area contributed by atoms with Gasteiger partial charge in [0, 0.05) is 19.8 Å². The predicted octanol–water partition coefficient (Wildman–Crippen LogP) is 2.26. The summed E-state index contributed by atoms with van der Waals surface area (Å²) in [6.45, 7) is 9.66. The molecule has 0 rings (SSSR count). The lowest BCUT2D eigenvalue weighted by Crippen LogP contribution is -2.10. The van der Waals surface area contributed by atoms with Crippen molar-refractivity contribution in [1.82, 2.24) is 0 Å². The van der Waals surface area contributed by atoms with Crippen LogP contribution in [-0.2, 0) is 9.16 Å². The van der Waals surface area contributed by atoms with Crippen molar-refractivity contribution < 1.29 is 9.16 Å². The van der Waals surface area contributed by atoms with Crippen molar-refractivity contribution in [3.63, 3.8) is 0 Å². The standard InChI is InChI=1S/C11H19O2Si/c1-3-6-11(7-4-2)10-12-8-5-9-13-14/h3-4,11H,1-2,5-10H2. The summed E-state index contributed by atoms with van der Waals surface area (Å²) in [6, 6.07) is 0. The number of allylic oxidation sites excluding steroid dienone is 2. The maximum absolute atomic E-state index is 5.51. The molecule has 0 aromatic carbocycles. The monoisotopic (exact) mass is 211 g/mol. The number of ether oxygens (including phenoxy) is 1. The summed E-state index contributed by atoms with van der Waals surface area (Å²) in [6.07, 6.45) is 6.75. The number of rotatable bonds is 10. The quantitative estimate of drug-likeness (QED) is 0.313. The van der Waals surface area contributed by atoms with E-state index in [4.69, 9.17) is 9.16 Å². The molecule has 0 unspecified atom stereocenters. The lowest BCUT2D eigenvalue weighted by molar-refractivity contribution is 0.0911. The van der Waals surface area contributed by atoms with Crippen molar-refractivity contribution >= 4 is 10.5 Å². The van der Waals surface area contributed by atoms with Gasteiger partial charge in [-0.1, -0.05) is 12.2 Å². The van der Waals surface area contributed by atoms with E-state index in [1.54, 1.807) is 0 Å². The molecular formula is C11H19O2Si. The average Bonchev–Trinajstić information content (AvgIpc) is 2.18. The van der Waals surface area contributed by atoms with Crippen LogP contribution < -0.4 is 0 Å². The van der Waals surface area contributed by atoms with E-state index >= 15 is 0 Å². The molecule has 2 nitrogen and oxygen atoms in total. The molecule has 0 aliphatic heterocycles. The Morgan fingerprint density at radius 1 is 1.14 bits per heavy atom. The van der Waals surface area contributed by atoms with Gasteiger partial charge in [0.25, 0.3) is 0 Å². The fourth-order valence-electron chi connectivity index (χ4n) is 1.19. The Bertz CT molecular complexity index is 138. The van der Waals surface area contributed by atoms with Crippen molar-refractivity contribution in [2.24, 2.45) is 5.92 Å². The highest BCUT2D eigenvalue weighted by Crippen LogP contribution is 2.10. The molecule has 0 aromatic heterocycles. The highest BCUT2D eigenvalue weighted by atomic mass is 28.2. The predicted molar refractivity (Wildman–Crippen MR) is 60.3 cm³/mol. The van der Waals surface area contributed by atoms with E-state index in [0.29, 0.717) is 12.5 Å². The van der Waals surface area contributed by atoms with Crippen LogP contribution in [0.5, 0.6) is 0 Å². The van der Waals surface area contributed by atoms with E-state index in [-0.39, 0.29) is 0 Å². The van der Waals surface area contributed by atoms with Gasteiger partial charge in [0.1, 0.15) is 0 Å². The van der Waals surface area contributed by atoms with Crippen LogP contribution in [0.1, 0.15) is 19.3 Å². The Balaban J connectivity index is 3.39. The van der Waals surface area contributed by atoms with Gasteiger partial charge in [0.2, 0.25) is 10.5 Å². The summed E-state index contributed by atoms with van der Waals surface area (Å²) < 4.78 is 10.2. The third kappa shape index (κ3) is 8.23. The molecule has 0 saturated heterocycles. The molecule has 0 heterocycles. The second-order valence-electron chi connectivity index (χ2n) is 3.19. The minimum absolute atomic E-state index is 0.523. The molecule has 0 spiro atoms. The molecule has 0 aliphatic carbocycles. The van der Waals surface area contributed by atoms with Gasteiger partial charge in [-0.3, -0.25) is 0 Å². The first-order valence-electron chi connectivity index (χ1n) is 4.93. The zero-order valence-corrected chi connectivity index (χ0v) is 9.71. The van der Waals surface area contributed by atoms with E-state index in [1.807, 2.05) is 12.2 Å². The van der Waals surface area contributed by atoms with Crippen LogP contribution in [0.4, 0.5) is 0 Å². The summed E-state index contributed by atoms with van der Waals surface area (Å²) in [7, 11) is 2.94. The molecule has 3 radical (unpaired) electrons. The van der Waals surface area contributed by atoms with Gasteiger partial charge in [-0.05, 0) is 25.2 Å². The third-order valence-corrected chi connectivity index (χ3v) is 2.09. The zero-order chi connectivity index (χ0) is 10.6. The van der Waals surface area contributed by atoms with E-state index < -0.39 is 0 Å². The Hall–Kier alpha value is -0.383. The normalized spacial score (nSPS) is 10.4. The summed E-state index contributed by atoms with van der Waals surface area (Å²) >= 11 is 0. The highest BCUT2D eigenvalue weighted by Gasteiger charge is 2.04. The second-order valence-corrected chi connectivity index (χ2v) is 3.48. The van der Waals surface area contributed by atoms with Gasteiger partial charge in [-0.2, -0.15) is 0 Å². The third-order valence-electron chi connectivity index (χ3n) is 1.89. The summed E-state index contributed by atoms with van der Waals surface area (Å²) in [5.74, 6) is 0.523. The lowest BCUT2D eigenvalue weighted by atomic mass is 10.0. The average molecular weight is 211 g/mol. The maximum atomic E-state index is 5.51. The van der Waals surface area contributed by atoms with Crippen molar-refractivity contribution in [2.45, 2.75) is 19.3 Å². The lowest BCUT2D eigenvalue weighted by Gasteiger charge is -2.12. The Morgan fingerprint density at radius 2 is 1.79 bits per heavy atom. The highest BCUT2D eigenvalue weighted by molar-refractivity contribution is 5.97. The Morgan fingerprint density at radius 3 is 2.29 bits per heavy atom. The van der Waals surface area contributed by atoms with Gasteiger partial charge in [0.15, 0.2) is 0 Å². The topological polar surface area (TPSA) is 18.5 Å². The molecule has 0 bridgehead atoms. The fraction of sp³-hybridized carbons (Fsp3) is 0.636. The van der Waals surface area contributed by atoms with E-state index in [2.05, 4.69) is 23.6 Å². The van der Waals surface area contributed by atoms with E-state index in [1.165, 1.54) is 0 Å². The first-order valence-corrected chi connectivity index (χ1v) is 5.34. The van der Waals surface area contributed by atoms with Crippen LogP contribution in [0.15, 0.2) is 25.3 Å². The number of hydrogen-bond acceptors (Lipinski definition) is 2. The van der Waals surface area contributed by atoms with Crippen LogP contribution in [0.25, 0.3) is 0 Å². The number of hydrogen-bond donors (Lipinski definition) is 0. The summed E-state index contributed by atoms with van der Waals surface area (Å²) in [4.78, 5) is 0. The van der Waals surface area contributed by atoms with Crippen LogP contribution in [0.2, 0.25) is 0 Å². The maximum Gasteiger partial charge on any atom is 0.246 e. The van der Waals surface area contributed by atoms with Gasteiger partial charge >= 0.3 is 0 Å². The van der Waals surface area contributed by atoms with Crippen LogP contribution >= 0.6 is 0 Å². The molecular weight excluding hydrogens is 192 g/mol. The van der Waals surface area contributed by atoms with E-state index in [0.717, 1.165) is 32.5 Å². The van der Waals surface area contributed by atoms with Crippen LogP contribution in [0, 0.1) is 5.92 Å². The minimum Gasteiger partial charge on any atom is -0.419 e. The molecule has 0 aromatic rings. The van der Waals surface area contributed by atoms with Crippen molar-refractivity contribution in [1.29, 1.82) is 0 Å². The van der Waals surface area contributed by atoms with Crippen molar-refractivity contribution in [3.05, 3.63) is 25.3 Å². The minimum atomic E-state index is 0.523. The van der Waals surface area contributed by atoms with Gasteiger partial charge in [0.05, 0.1) is 0 Å². The molecule has 0 aliphatic rings. The SMILES string of the molecule is C=CCC(CC=C)COCCCO[Si]. The van der Waals surface area contributed by atoms with Gasteiger partial charge < -0.3 is 9.16 Å². The molecule has 0 amide bonds. The zero-order valence-electron chi connectivity index (χ0n) is 8.71.